The third kappa shape index (κ3) is 2.47. The lowest BCUT2D eigenvalue weighted by Gasteiger charge is -2.24. The molecule has 0 aromatic heterocycles. The van der Waals surface area contributed by atoms with E-state index in [4.69, 9.17) is 17.3 Å². The molecule has 1 amide bonds. The molecule has 0 spiro atoms. The van der Waals surface area contributed by atoms with Crippen molar-refractivity contribution in [3.8, 4) is 0 Å². The Morgan fingerprint density at radius 3 is 2.94 bits per heavy atom. The Morgan fingerprint density at radius 2 is 2.33 bits per heavy atom. The number of alkyl halides is 1. The van der Waals surface area contributed by atoms with Gasteiger partial charge in [-0.3, -0.25) is 4.79 Å². The second-order valence-electron chi connectivity index (χ2n) is 4.28. The standard InChI is InChI=1S/C12H12ClF2N2O/c13-8-5-7(1-2-9(8)14)6-12(15)3-4-17-10(12)11(16)18/h1-2,5-6,10,17H,3-4H2,(H2,16,18)/t10-,12-/m1/s1. The average Bonchev–Trinajstić information content (AvgIpc) is 2.66. The highest BCUT2D eigenvalue weighted by atomic mass is 35.5. The summed E-state index contributed by atoms with van der Waals surface area (Å²) in [6.45, 7) is 0.357. The van der Waals surface area contributed by atoms with Gasteiger partial charge in [-0.1, -0.05) is 17.7 Å². The fourth-order valence-electron chi connectivity index (χ4n) is 2.09. The molecule has 18 heavy (non-hydrogen) atoms. The molecule has 1 aliphatic heterocycles. The van der Waals surface area contributed by atoms with Crippen molar-refractivity contribution in [3.63, 3.8) is 0 Å². The van der Waals surface area contributed by atoms with Gasteiger partial charge in [-0.15, -0.1) is 0 Å². The number of hydrogen-bond acceptors (Lipinski definition) is 2. The molecule has 0 aliphatic carbocycles. The second-order valence-corrected chi connectivity index (χ2v) is 4.69. The Kier molecular flexibility index (Phi) is 3.54. The van der Waals surface area contributed by atoms with Crippen LogP contribution in [0.1, 0.15) is 12.0 Å². The minimum atomic E-state index is -1.87. The molecule has 0 saturated carbocycles. The molecular formula is C12H12ClF2N2O. The van der Waals surface area contributed by atoms with Crippen LogP contribution in [-0.4, -0.2) is 24.2 Å². The second kappa shape index (κ2) is 4.82. The van der Waals surface area contributed by atoms with Crippen molar-refractivity contribution in [3.05, 3.63) is 41.0 Å². The van der Waals surface area contributed by atoms with Gasteiger partial charge in [0.2, 0.25) is 5.91 Å². The number of rotatable bonds is 3. The van der Waals surface area contributed by atoms with Gasteiger partial charge in [0, 0.05) is 6.42 Å². The number of amides is 1. The quantitative estimate of drug-likeness (QED) is 0.879. The van der Waals surface area contributed by atoms with Crippen molar-refractivity contribution in [2.45, 2.75) is 18.1 Å². The zero-order valence-electron chi connectivity index (χ0n) is 9.42. The van der Waals surface area contributed by atoms with E-state index in [1.807, 2.05) is 0 Å². The number of halogens is 3. The minimum absolute atomic E-state index is 0.0890. The van der Waals surface area contributed by atoms with Crippen LogP contribution in [0.3, 0.4) is 0 Å². The first-order valence-electron chi connectivity index (χ1n) is 5.45. The SMILES string of the molecule is NC(=O)[C@H]1NCC[C@@]1(F)[CH]c1ccc(F)c(Cl)c1. The van der Waals surface area contributed by atoms with Crippen LogP contribution in [0.15, 0.2) is 18.2 Å². The van der Waals surface area contributed by atoms with Gasteiger partial charge in [-0.2, -0.15) is 0 Å². The Morgan fingerprint density at radius 1 is 1.61 bits per heavy atom. The summed E-state index contributed by atoms with van der Waals surface area (Å²) in [6.07, 6.45) is 1.39. The van der Waals surface area contributed by atoms with Gasteiger partial charge >= 0.3 is 0 Å². The van der Waals surface area contributed by atoms with Gasteiger partial charge in [0.25, 0.3) is 0 Å². The summed E-state index contributed by atoms with van der Waals surface area (Å²) >= 11 is 5.62. The largest absolute Gasteiger partial charge is 0.368 e. The molecule has 1 aliphatic rings. The van der Waals surface area contributed by atoms with E-state index < -0.39 is 23.4 Å². The van der Waals surface area contributed by atoms with Gasteiger partial charge in [-0.25, -0.2) is 8.78 Å². The molecule has 2 atom stereocenters. The molecule has 2 rings (SSSR count). The number of hydrogen-bond donors (Lipinski definition) is 2. The maximum atomic E-state index is 14.6. The monoisotopic (exact) mass is 273 g/mol. The summed E-state index contributed by atoms with van der Waals surface area (Å²) in [5, 5.41) is 2.62. The Bertz CT molecular complexity index is 483. The van der Waals surface area contributed by atoms with Crippen molar-refractivity contribution < 1.29 is 13.6 Å². The Labute approximate surface area is 108 Å². The molecule has 3 nitrogen and oxygen atoms in total. The van der Waals surface area contributed by atoms with Crippen LogP contribution >= 0.6 is 11.6 Å². The fraction of sp³-hybridized carbons (Fsp3) is 0.333. The van der Waals surface area contributed by atoms with Crippen molar-refractivity contribution in [1.29, 1.82) is 0 Å². The molecule has 1 heterocycles. The van der Waals surface area contributed by atoms with Crippen molar-refractivity contribution in [2.24, 2.45) is 5.73 Å². The molecule has 1 aromatic carbocycles. The van der Waals surface area contributed by atoms with E-state index in [9.17, 15) is 13.6 Å². The van der Waals surface area contributed by atoms with Crippen LogP contribution in [0, 0.1) is 12.2 Å². The normalized spacial score (nSPS) is 27.4. The zero-order valence-corrected chi connectivity index (χ0v) is 10.2. The van der Waals surface area contributed by atoms with Crippen LogP contribution in [-0.2, 0) is 4.79 Å². The number of primary amides is 1. The first kappa shape index (κ1) is 13.2. The highest BCUT2D eigenvalue weighted by Crippen LogP contribution is 2.32. The van der Waals surface area contributed by atoms with Gasteiger partial charge in [-0.05, 0) is 30.7 Å². The van der Waals surface area contributed by atoms with Crippen molar-refractivity contribution in [2.75, 3.05) is 6.54 Å². The van der Waals surface area contributed by atoms with Crippen LogP contribution in [0.25, 0.3) is 0 Å². The summed E-state index contributed by atoms with van der Waals surface area (Å²) in [6, 6.07) is 2.80. The summed E-state index contributed by atoms with van der Waals surface area (Å²) in [7, 11) is 0. The molecule has 1 saturated heterocycles. The first-order valence-corrected chi connectivity index (χ1v) is 5.83. The highest BCUT2D eigenvalue weighted by molar-refractivity contribution is 6.30. The molecule has 0 unspecified atom stereocenters. The van der Waals surface area contributed by atoms with Crippen molar-refractivity contribution >= 4 is 17.5 Å². The predicted molar refractivity (Wildman–Crippen MR) is 64.3 cm³/mol. The topological polar surface area (TPSA) is 55.1 Å². The number of nitrogens with one attached hydrogen (secondary N) is 1. The van der Waals surface area contributed by atoms with Crippen LogP contribution in [0.5, 0.6) is 0 Å². The van der Waals surface area contributed by atoms with E-state index in [-0.39, 0.29) is 11.4 Å². The van der Waals surface area contributed by atoms with E-state index in [1.54, 1.807) is 0 Å². The molecule has 1 radical (unpaired) electrons. The predicted octanol–water partition coefficient (Wildman–Crippen LogP) is 1.59. The van der Waals surface area contributed by atoms with Crippen LogP contribution in [0.4, 0.5) is 8.78 Å². The Balaban J connectivity index is 2.21. The number of carbonyl (C=O) groups is 1. The lowest BCUT2D eigenvalue weighted by atomic mass is 9.89. The third-order valence-electron chi connectivity index (χ3n) is 2.97. The van der Waals surface area contributed by atoms with E-state index in [0.29, 0.717) is 12.1 Å². The van der Waals surface area contributed by atoms with Gasteiger partial charge < -0.3 is 11.1 Å². The van der Waals surface area contributed by atoms with Crippen molar-refractivity contribution in [1.82, 2.24) is 5.32 Å². The van der Waals surface area contributed by atoms with E-state index in [2.05, 4.69) is 5.32 Å². The number of nitrogens with two attached hydrogens (primary N) is 1. The molecule has 97 valence electrons. The molecular weight excluding hydrogens is 262 g/mol. The molecule has 6 heteroatoms. The van der Waals surface area contributed by atoms with Gasteiger partial charge in [0.15, 0.2) is 0 Å². The van der Waals surface area contributed by atoms with Crippen LogP contribution in [0.2, 0.25) is 5.02 Å². The molecule has 1 aromatic rings. The summed E-state index contributed by atoms with van der Waals surface area (Å²) in [5.41, 5.74) is 3.68. The zero-order chi connectivity index (χ0) is 13.3. The maximum Gasteiger partial charge on any atom is 0.237 e. The smallest absolute Gasteiger partial charge is 0.237 e. The molecule has 0 bridgehead atoms. The number of carbonyl (C=O) groups excluding carboxylic acids is 1. The van der Waals surface area contributed by atoms with E-state index in [0.717, 1.165) is 6.07 Å². The van der Waals surface area contributed by atoms with E-state index in [1.165, 1.54) is 18.6 Å². The maximum absolute atomic E-state index is 14.6. The van der Waals surface area contributed by atoms with Gasteiger partial charge in [0.05, 0.1) is 5.02 Å². The summed E-state index contributed by atoms with van der Waals surface area (Å²) in [5.74, 6) is -1.32. The summed E-state index contributed by atoms with van der Waals surface area (Å²) < 4.78 is 27.6. The number of benzene rings is 1. The van der Waals surface area contributed by atoms with E-state index >= 15 is 0 Å². The molecule has 3 N–H and O–H groups in total. The highest BCUT2D eigenvalue weighted by Gasteiger charge is 2.46. The average molecular weight is 274 g/mol. The fourth-order valence-corrected chi connectivity index (χ4v) is 2.28. The first-order chi connectivity index (χ1) is 8.42. The molecule has 1 fully saturated rings. The van der Waals surface area contributed by atoms with Gasteiger partial charge in [0.1, 0.15) is 17.5 Å². The summed E-state index contributed by atoms with van der Waals surface area (Å²) in [4.78, 5) is 11.1. The minimum Gasteiger partial charge on any atom is -0.368 e. The van der Waals surface area contributed by atoms with Crippen LogP contribution < -0.4 is 11.1 Å². The lowest BCUT2D eigenvalue weighted by Crippen LogP contribution is -2.49. The third-order valence-corrected chi connectivity index (χ3v) is 3.26. The Hall–Kier alpha value is -1.20. The lowest BCUT2D eigenvalue weighted by molar-refractivity contribution is -0.121.